The zero-order valence-electron chi connectivity index (χ0n) is 13.9. The lowest BCUT2D eigenvalue weighted by Gasteiger charge is -2.33. The Morgan fingerprint density at radius 3 is 2.40 bits per heavy atom. The van der Waals surface area contributed by atoms with Crippen LogP contribution in [0.25, 0.3) is 0 Å². The van der Waals surface area contributed by atoms with Crippen molar-refractivity contribution in [3.63, 3.8) is 0 Å². The van der Waals surface area contributed by atoms with E-state index in [-0.39, 0.29) is 11.7 Å². The first-order valence-electron chi connectivity index (χ1n) is 8.52. The van der Waals surface area contributed by atoms with E-state index in [2.05, 4.69) is 0 Å². The Balaban J connectivity index is 1.62. The van der Waals surface area contributed by atoms with Crippen LogP contribution in [0.5, 0.6) is 0 Å². The van der Waals surface area contributed by atoms with Crippen molar-refractivity contribution in [2.24, 2.45) is 5.92 Å². The minimum Gasteiger partial charge on any atom is -0.338 e. The number of halogens is 3. The molecule has 132 valence electrons. The first-order valence-corrected chi connectivity index (χ1v) is 8.52. The number of carbonyl (C=O) groups excluding carboxylic acids is 1. The lowest BCUT2D eigenvalue weighted by molar-refractivity contribution is 0.0658. The van der Waals surface area contributed by atoms with Crippen molar-refractivity contribution in [1.82, 2.24) is 4.90 Å². The highest BCUT2D eigenvalue weighted by atomic mass is 19.1. The fourth-order valence-electron chi connectivity index (χ4n) is 3.37. The van der Waals surface area contributed by atoms with Gasteiger partial charge in [0.2, 0.25) is 0 Å². The van der Waals surface area contributed by atoms with Crippen LogP contribution in [-0.2, 0) is 6.42 Å². The van der Waals surface area contributed by atoms with Crippen molar-refractivity contribution in [2.75, 3.05) is 13.1 Å². The summed E-state index contributed by atoms with van der Waals surface area (Å²) in [5, 5.41) is 0. The molecule has 25 heavy (non-hydrogen) atoms. The van der Waals surface area contributed by atoms with Crippen molar-refractivity contribution in [3.8, 4) is 0 Å². The third kappa shape index (κ3) is 4.21. The number of carbonyl (C=O) groups is 1. The van der Waals surface area contributed by atoms with Crippen LogP contribution in [0.3, 0.4) is 0 Å². The topological polar surface area (TPSA) is 20.3 Å². The minimum atomic E-state index is -0.821. The largest absolute Gasteiger partial charge is 0.338 e. The monoisotopic (exact) mass is 347 g/mol. The zero-order chi connectivity index (χ0) is 17.8. The number of aryl methyl sites for hydroxylation is 1. The van der Waals surface area contributed by atoms with Crippen molar-refractivity contribution < 1.29 is 18.0 Å². The molecule has 0 spiro atoms. The van der Waals surface area contributed by atoms with Gasteiger partial charge in [0.15, 0.2) is 0 Å². The molecular weight excluding hydrogens is 327 g/mol. The number of hydrogen-bond acceptors (Lipinski definition) is 1. The van der Waals surface area contributed by atoms with E-state index in [1.165, 1.54) is 18.2 Å². The Labute approximate surface area is 145 Å². The molecule has 0 bridgehead atoms. The molecule has 0 N–H and O–H groups in total. The molecule has 0 radical (unpaired) electrons. The highest BCUT2D eigenvalue weighted by molar-refractivity contribution is 5.94. The number of rotatable bonds is 4. The van der Waals surface area contributed by atoms with Crippen LogP contribution in [0.2, 0.25) is 0 Å². The molecule has 0 aliphatic carbocycles. The summed E-state index contributed by atoms with van der Waals surface area (Å²) in [6.45, 7) is 1.01. The predicted octanol–water partition coefficient (Wildman–Crippen LogP) is 4.59. The summed E-state index contributed by atoms with van der Waals surface area (Å²) in [4.78, 5) is 14.0. The van der Waals surface area contributed by atoms with Crippen LogP contribution >= 0.6 is 0 Å². The summed E-state index contributed by atoms with van der Waals surface area (Å²) in [7, 11) is 0. The van der Waals surface area contributed by atoms with E-state index < -0.39 is 23.1 Å². The minimum absolute atomic E-state index is 0.259. The number of likely N-dealkylation sites (tertiary alicyclic amines) is 1. The molecule has 1 fully saturated rings. The molecule has 1 aliphatic heterocycles. The summed E-state index contributed by atoms with van der Waals surface area (Å²) >= 11 is 0. The van der Waals surface area contributed by atoms with E-state index in [9.17, 15) is 18.0 Å². The third-order valence-corrected chi connectivity index (χ3v) is 4.74. The molecule has 2 aromatic rings. The average Bonchev–Trinajstić information content (AvgIpc) is 2.61. The van der Waals surface area contributed by atoms with E-state index in [0.717, 1.165) is 43.4 Å². The molecule has 1 heterocycles. The van der Waals surface area contributed by atoms with Crippen LogP contribution in [0, 0.1) is 23.4 Å². The van der Waals surface area contributed by atoms with Gasteiger partial charge in [0.05, 0.1) is 0 Å². The molecule has 0 unspecified atom stereocenters. The second-order valence-electron chi connectivity index (χ2n) is 6.52. The second kappa shape index (κ2) is 7.72. The van der Waals surface area contributed by atoms with Crippen molar-refractivity contribution in [3.05, 3.63) is 71.0 Å². The van der Waals surface area contributed by atoms with Gasteiger partial charge < -0.3 is 4.90 Å². The van der Waals surface area contributed by atoms with E-state index in [1.54, 1.807) is 17.0 Å². The third-order valence-electron chi connectivity index (χ3n) is 4.74. The van der Waals surface area contributed by atoms with Crippen LogP contribution in [0.4, 0.5) is 13.2 Å². The normalized spacial score (nSPS) is 17.6. The Morgan fingerprint density at radius 1 is 1.04 bits per heavy atom. The maximum absolute atomic E-state index is 13.8. The zero-order valence-corrected chi connectivity index (χ0v) is 13.9. The van der Waals surface area contributed by atoms with E-state index >= 15 is 0 Å². The first kappa shape index (κ1) is 17.5. The van der Waals surface area contributed by atoms with Crippen molar-refractivity contribution >= 4 is 5.91 Å². The van der Waals surface area contributed by atoms with E-state index in [0.29, 0.717) is 13.1 Å². The number of nitrogens with zero attached hydrogens (tertiary/aromatic N) is 1. The Bertz CT molecular complexity index is 725. The highest BCUT2D eigenvalue weighted by Crippen LogP contribution is 2.24. The summed E-state index contributed by atoms with van der Waals surface area (Å²) in [6, 6.07) is 9.85. The summed E-state index contributed by atoms with van der Waals surface area (Å²) in [5.74, 6) is -2.21. The van der Waals surface area contributed by atoms with Crippen LogP contribution in [-0.4, -0.2) is 23.9 Å². The van der Waals surface area contributed by atoms with Gasteiger partial charge in [0.25, 0.3) is 5.91 Å². The van der Waals surface area contributed by atoms with E-state index in [1.807, 2.05) is 0 Å². The van der Waals surface area contributed by atoms with Gasteiger partial charge in [-0.1, -0.05) is 18.2 Å². The molecule has 3 rings (SSSR count). The average molecular weight is 347 g/mol. The SMILES string of the molecule is O=C(c1c(F)cccc1F)N1CCC[C@@H](CCc2ccc(F)cc2)C1. The Morgan fingerprint density at radius 2 is 1.72 bits per heavy atom. The summed E-state index contributed by atoms with van der Waals surface area (Å²) < 4.78 is 40.6. The van der Waals surface area contributed by atoms with Gasteiger partial charge in [-0.05, 0) is 61.4 Å². The van der Waals surface area contributed by atoms with Crippen molar-refractivity contribution in [1.29, 1.82) is 0 Å². The molecule has 2 nitrogen and oxygen atoms in total. The molecule has 1 aliphatic rings. The van der Waals surface area contributed by atoms with Gasteiger partial charge in [-0.15, -0.1) is 0 Å². The van der Waals surface area contributed by atoms with Gasteiger partial charge in [-0.25, -0.2) is 13.2 Å². The number of amides is 1. The fraction of sp³-hybridized carbons (Fsp3) is 0.350. The van der Waals surface area contributed by atoms with Gasteiger partial charge in [0, 0.05) is 13.1 Å². The summed E-state index contributed by atoms with van der Waals surface area (Å²) in [6.07, 6.45) is 3.44. The molecule has 0 aromatic heterocycles. The smallest absolute Gasteiger partial charge is 0.259 e. The van der Waals surface area contributed by atoms with Gasteiger partial charge in [-0.3, -0.25) is 4.79 Å². The van der Waals surface area contributed by atoms with Gasteiger partial charge in [0.1, 0.15) is 23.0 Å². The molecular formula is C20H20F3NO. The van der Waals surface area contributed by atoms with Crippen LogP contribution < -0.4 is 0 Å². The van der Waals surface area contributed by atoms with E-state index in [4.69, 9.17) is 0 Å². The Kier molecular flexibility index (Phi) is 5.41. The van der Waals surface area contributed by atoms with Gasteiger partial charge >= 0.3 is 0 Å². The molecule has 1 atom stereocenters. The summed E-state index contributed by atoms with van der Waals surface area (Å²) in [5.41, 5.74) is 0.576. The molecule has 5 heteroatoms. The fourth-order valence-corrected chi connectivity index (χ4v) is 3.37. The van der Waals surface area contributed by atoms with Crippen molar-refractivity contribution in [2.45, 2.75) is 25.7 Å². The van der Waals surface area contributed by atoms with Crippen LogP contribution in [0.15, 0.2) is 42.5 Å². The highest BCUT2D eigenvalue weighted by Gasteiger charge is 2.27. The second-order valence-corrected chi connectivity index (χ2v) is 6.52. The standard InChI is InChI=1S/C20H20F3NO/c21-16-10-8-14(9-11-16)6-7-15-3-2-12-24(13-15)20(25)19-17(22)4-1-5-18(19)23/h1,4-5,8-11,15H,2-3,6-7,12-13H2/t15-/m0/s1. The first-order chi connectivity index (χ1) is 12.0. The number of benzene rings is 2. The maximum Gasteiger partial charge on any atom is 0.259 e. The molecule has 2 aromatic carbocycles. The lowest BCUT2D eigenvalue weighted by Crippen LogP contribution is -2.40. The lowest BCUT2D eigenvalue weighted by atomic mass is 9.91. The van der Waals surface area contributed by atoms with Gasteiger partial charge in [-0.2, -0.15) is 0 Å². The molecule has 1 amide bonds. The van der Waals surface area contributed by atoms with Crippen LogP contribution in [0.1, 0.15) is 35.2 Å². The quantitative estimate of drug-likeness (QED) is 0.792. The molecule has 0 saturated carbocycles. The maximum atomic E-state index is 13.8. The molecule has 1 saturated heterocycles. The predicted molar refractivity (Wildman–Crippen MR) is 89.7 cm³/mol. The Hall–Kier alpha value is -2.30. The number of piperidine rings is 1. The number of hydrogen-bond donors (Lipinski definition) is 0.